The SMILES string of the molecule is NC(N)=NCc1cccc(OCc2ccc(Cl)cc2)c1.O=C(O)C(F)(F)F. The van der Waals surface area contributed by atoms with E-state index in [1.165, 1.54) is 0 Å². The fraction of sp³-hybridized carbons (Fsp3) is 0.176. The summed E-state index contributed by atoms with van der Waals surface area (Å²) in [6, 6.07) is 15.2. The third kappa shape index (κ3) is 9.36. The molecule has 0 aliphatic rings. The first-order valence-electron chi connectivity index (χ1n) is 7.39. The molecule has 0 spiro atoms. The Labute approximate surface area is 158 Å². The number of carboxylic acids is 1. The van der Waals surface area contributed by atoms with Crippen molar-refractivity contribution < 1.29 is 27.8 Å². The minimum Gasteiger partial charge on any atom is -0.489 e. The second kappa shape index (κ2) is 10.3. The van der Waals surface area contributed by atoms with Gasteiger partial charge in [0.1, 0.15) is 12.4 Å². The van der Waals surface area contributed by atoms with E-state index in [1.54, 1.807) is 0 Å². The van der Waals surface area contributed by atoms with E-state index in [-0.39, 0.29) is 5.96 Å². The molecule has 0 bridgehead atoms. The third-order valence-corrected chi connectivity index (χ3v) is 3.16. The smallest absolute Gasteiger partial charge is 0.489 e. The van der Waals surface area contributed by atoms with E-state index in [1.807, 2.05) is 48.5 Å². The van der Waals surface area contributed by atoms with E-state index in [0.717, 1.165) is 16.9 Å². The van der Waals surface area contributed by atoms with Crippen molar-refractivity contribution in [1.82, 2.24) is 0 Å². The molecule has 0 saturated heterocycles. The standard InChI is InChI=1S/C15H16ClN3O.C2HF3O2/c16-13-6-4-11(5-7-13)10-20-14-3-1-2-12(8-14)9-19-15(17)18;3-2(4,5)1(6)7/h1-8H,9-10H2,(H4,17,18,19);(H,6,7). The summed E-state index contributed by atoms with van der Waals surface area (Å²) in [6.07, 6.45) is -5.08. The molecule has 0 aliphatic carbocycles. The van der Waals surface area contributed by atoms with Crippen LogP contribution >= 0.6 is 11.6 Å². The van der Waals surface area contributed by atoms with Gasteiger partial charge in [0.05, 0.1) is 6.54 Å². The summed E-state index contributed by atoms with van der Waals surface area (Å²) < 4.78 is 37.5. The molecule has 146 valence electrons. The first-order chi connectivity index (χ1) is 12.6. The lowest BCUT2D eigenvalue weighted by atomic mass is 10.2. The van der Waals surface area contributed by atoms with E-state index in [4.69, 9.17) is 37.7 Å². The molecule has 2 rings (SSSR count). The summed E-state index contributed by atoms with van der Waals surface area (Å²) in [4.78, 5) is 12.9. The predicted molar refractivity (Wildman–Crippen MR) is 95.4 cm³/mol. The summed E-state index contributed by atoms with van der Waals surface area (Å²) in [5, 5.41) is 7.84. The maximum atomic E-state index is 10.6. The summed E-state index contributed by atoms with van der Waals surface area (Å²) in [6.45, 7) is 0.934. The Kier molecular flexibility index (Phi) is 8.40. The molecule has 0 heterocycles. The molecule has 6 nitrogen and oxygen atoms in total. The van der Waals surface area contributed by atoms with Gasteiger partial charge < -0.3 is 21.3 Å². The van der Waals surface area contributed by atoms with Gasteiger partial charge in [-0.1, -0.05) is 35.9 Å². The molecule has 2 aromatic rings. The van der Waals surface area contributed by atoms with Crippen molar-refractivity contribution >= 4 is 23.5 Å². The minimum absolute atomic E-state index is 0.0810. The van der Waals surface area contributed by atoms with Crippen LogP contribution in [0.2, 0.25) is 5.02 Å². The molecule has 0 saturated carbocycles. The summed E-state index contributed by atoms with van der Waals surface area (Å²) in [7, 11) is 0. The van der Waals surface area contributed by atoms with Crippen molar-refractivity contribution in [3.63, 3.8) is 0 Å². The molecular weight excluding hydrogens is 387 g/mol. The highest BCUT2D eigenvalue weighted by molar-refractivity contribution is 6.30. The number of carboxylic acid groups (broad SMARTS) is 1. The molecular formula is C17H17ClF3N3O3. The number of alkyl halides is 3. The van der Waals surface area contributed by atoms with Gasteiger partial charge in [-0.2, -0.15) is 13.2 Å². The molecule has 27 heavy (non-hydrogen) atoms. The van der Waals surface area contributed by atoms with Crippen LogP contribution in [0, 0.1) is 0 Å². The van der Waals surface area contributed by atoms with E-state index < -0.39 is 12.1 Å². The Morgan fingerprint density at radius 3 is 2.22 bits per heavy atom. The van der Waals surface area contributed by atoms with Crippen LogP contribution in [0.25, 0.3) is 0 Å². The molecule has 5 N–H and O–H groups in total. The lowest BCUT2D eigenvalue weighted by Crippen LogP contribution is -2.22. The average Bonchev–Trinajstić information content (AvgIpc) is 2.59. The topological polar surface area (TPSA) is 111 Å². The van der Waals surface area contributed by atoms with Crippen molar-refractivity contribution in [2.45, 2.75) is 19.3 Å². The zero-order valence-corrected chi connectivity index (χ0v) is 14.7. The van der Waals surface area contributed by atoms with Gasteiger partial charge in [-0.15, -0.1) is 0 Å². The van der Waals surface area contributed by atoms with E-state index in [2.05, 4.69) is 4.99 Å². The molecule has 10 heteroatoms. The van der Waals surface area contributed by atoms with Crippen LogP contribution in [0.3, 0.4) is 0 Å². The lowest BCUT2D eigenvalue weighted by Gasteiger charge is -2.07. The Morgan fingerprint density at radius 2 is 1.70 bits per heavy atom. The number of hydrogen-bond acceptors (Lipinski definition) is 3. The van der Waals surface area contributed by atoms with Crippen molar-refractivity contribution in [3.05, 3.63) is 64.7 Å². The van der Waals surface area contributed by atoms with Gasteiger partial charge >= 0.3 is 12.1 Å². The van der Waals surface area contributed by atoms with E-state index in [0.29, 0.717) is 18.2 Å². The largest absolute Gasteiger partial charge is 0.490 e. The Balaban J connectivity index is 0.000000445. The van der Waals surface area contributed by atoms with Gasteiger partial charge in [0, 0.05) is 5.02 Å². The van der Waals surface area contributed by atoms with Gasteiger partial charge in [-0.3, -0.25) is 0 Å². The maximum absolute atomic E-state index is 10.6. The number of aliphatic imine (C=N–C) groups is 1. The average molecular weight is 404 g/mol. The second-order valence-electron chi connectivity index (χ2n) is 5.11. The monoisotopic (exact) mass is 403 g/mol. The van der Waals surface area contributed by atoms with Crippen molar-refractivity contribution in [2.75, 3.05) is 0 Å². The fourth-order valence-corrected chi connectivity index (χ4v) is 1.79. The van der Waals surface area contributed by atoms with Crippen LogP contribution in [0.5, 0.6) is 5.75 Å². The lowest BCUT2D eigenvalue weighted by molar-refractivity contribution is -0.192. The molecule has 2 aromatic carbocycles. The predicted octanol–water partition coefficient (Wildman–Crippen LogP) is 3.33. The van der Waals surface area contributed by atoms with Crippen LogP contribution in [0.1, 0.15) is 11.1 Å². The first kappa shape index (κ1) is 22.1. The maximum Gasteiger partial charge on any atom is 0.490 e. The van der Waals surface area contributed by atoms with E-state index >= 15 is 0 Å². The highest BCUT2D eigenvalue weighted by atomic mass is 35.5. The fourth-order valence-electron chi connectivity index (χ4n) is 1.66. The zero-order chi connectivity index (χ0) is 20.4. The molecule has 0 fully saturated rings. The summed E-state index contributed by atoms with van der Waals surface area (Å²) >= 11 is 5.84. The molecule has 0 aliphatic heterocycles. The van der Waals surface area contributed by atoms with Gasteiger partial charge in [-0.05, 0) is 35.4 Å². The van der Waals surface area contributed by atoms with Gasteiger partial charge in [0.15, 0.2) is 5.96 Å². The van der Waals surface area contributed by atoms with Crippen LogP contribution in [0.4, 0.5) is 13.2 Å². The minimum atomic E-state index is -5.08. The summed E-state index contributed by atoms with van der Waals surface area (Å²) in [5.74, 6) is -1.90. The van der Waals surface area contributed by atoms with Crippen molar-refractivity contribution in [3.8, 4) is 5.75 Å². The molecule has 0 amide bonds. The van der Waals surface area contributed by atoms with Gasteiger partial charge in [0.25, 0.3) is 0 Å². The number of rotatable bonds is 5. The second-order valence-corrected chi connectivity index (χ2v) is 5.54. The Morgan fingerprint density at radius 1 is 1.11 bits per heavy atom. The number of carbonyl (C=O) groups is 1. The highest BCUT2D eigenvalue weighted by Crippen LogP contribution is 2.17. The Hall–Kier alpha value is -2.94. The number of benzene rings is 2. The number of aliphatic carboxylic acids is 1. The number of halogens is 4. The number of nitrogens with zero attached hydrogens (tertiary/aromatic N) is 1. The normalized spacial score (nSPS) is 10.4. The number of guanidine groups is 1. The van der Waals surface area contributed by atoms with E-state index in [9.17, 15) is 13.2 Å². The molecule has 0 unspecified atom stereocenters. The number of nitrogens with two attached hydrogens (primary N) is 2. The van der Waals surface area contributed by atoms with Gasteiger partial charge in [-0.25, -0.2) is 9.79 Å². The van der Waals surface area contributed by atoms with Crippen LogP contribution in [0.15, 0.2) is 53.5 Å². The number of ether oxygens (including phenoxy) is 1. The Bertz CT molecular complexity index is 777. The zero-order valence-electron chi connectivity index (χ0n) is 13.9. The van der Waals surface area contributed by atoms with Crippen LogP contribution in [-0.2, 0) is 17.9 Å². The highest BCUT2D eigenvalue weighted by Gasteiger charge is 2.38. The third-order valence-electron chi connectivity index (χ3n) is 2.90. The van der Waals surface area contributed by atoms with Crippen molar-refractivity contribution in [2.24, 2.45) is 16.5 Å². The van der Waals surface area contributed by atoms with Gasteiger partial charge in [0.2, 0.25) is 0 Å². The van der Waals surface area contributed by atoms with Crippen molar-refractivity contribution in [1.29, 1.82) is 0 Å². The molecule has 0 aromatic heterocycles. The van der Waals surface area contributed by atoms with Crippen LogP contribution < -0.4 is 16.2 Å². The van der Waals surface area contributed by atoms with Crippen LogP contribution in [-0.4, -0.2) is 23.2 Å². The quantitative estimate of drug-likeness (QED) is 0.524. The molecule has 0 atom stereocenters. The summed E-state index contributed by atoms with van der Waals surface area (Å²) in [5.41, 5.74) is 12.7. The number of hydrogen-bond donors (Lipinski definition) is 3. The molecule has 0 radical (unpaired) electrons. The first-order valence-corrected chi connectivity index (χ1v) is 7.77.